The molecule has 0 aromatic heterocycles. The number of hydrogen-bond acceptors (Lipinski definition) is 1. The molecule has 0 radical (unpaired) electrons. The fourth-order valence-corrected chi connectivity index (χ4v) is 1.83. The van der Waals surface area contributed by atoms with E-state index in [0.29, 0.717) is 5.88 Å². The Hall–Kier alpha value is -0.690. The minimum absolute atomic E-state index is 0.672. The maximum absolute atomic E-state index is 5.68. The predicted octanol–water partition coefficient (Wildman–Crippen LogP) is 3.09. The molecule has 0 fully saturated rings. The minimum atomic E-state index is 0.672. The molecule has 0 aliphatic carbocycles. The molecule has 1 rings (SSSR count). The lowest BCUT2D eigenvalue weighted by Gasteiger charge is -2.10. The molecular weight excluding hydrogens is 184 g/mol. The number of benzene rings is 1. The lowest BCUT2D eigenvalue weighted by Crippen LogP contribution is -1.94. The second-order valence-electron chi connectivity index (χ2n) is 3.20. The van der Waals surface area contributed by atoms with Crippen LogP contribution in [0.15, 0.2) is 12.1 Å². The van der Waals surface area contributed by atoms with Gasteiger partial charge >= 0.3 is 0 Å². The van der Waals surface area contributed by atoms with Crippen molar-refractivity contribution in [2.75, 3.05) is 13.0 Å². The Morgan fingerprint density at radius 3 is 2.15 bits per heavy atom. The molecule has 2 heteroatoms. The zero-order chi connectivity index (χ0) is 9.84. The largest absolute Gasteiger partial charge is 0.496 e. The highest BCUT2D eigenvalue weighted by atomic mass is 35.5. The summed E-state index contributed by atoms with van der Waals surface area (Å²) in [5.74, 6) is 1.66. The molecular formula is C11H15ClO. The van der Waals surface area contributed by atoms with Gasteiger partial charge in [0.25, 0.3) is 0 Å². The van der Waals surface area contributed by atoms with Crippen molar-refractivity contribution in [3.63, 3.8) is 0 Å². The van der Waals surface area contributed by atoms with Crippen molar-refractivity contribution in [3.05, 3.63) is 28.8 Å². The predicted molar refractivity (Wildman–Crippen MR) is 56.9 cm³/mol. The summed E-state index contributed by atoms with van der Waals surface area (Å²) in [4.78, 5) is 0. The summed E-state index contributed by atoms with van der Waals surface area (Å²) in [7, 11) is 1.70. The molecule has 0 saturated heterocycles. The normalized spacial score (nSPS) is 10.2. The van der Waals surface area contributed by atoms with Crippen LogP contribution in [-0.2, 0) is 6.42 Å². The van der Waals surface area contributed by atoms with Gasteiger partial charge in [0, 0.05) is 5.88 Å². The molecule has 1 aromatic rings. The molecule has 0 saturated carbocycles. The molecule has 0 N–H and O–H groups in total. The summed E-state index contributed by atoms with van der Waals surface area (Å²) in [5, 5.41) is 0. The first-order valence-electron chi connectivity index (χ1n) is 4.39. The lowest BCUT2D eigenvalue weighted by atomic mass is 10.0. The van der Waals surface area contributed by atoms with Crippen molar-refractivity contribution >= 4 is 11.6 Å². The van der Waals surface area contributed by atoms with E-state index in [1.165, 1.54) is 16.7 Å². The average Bonchev–Trinajstić information content (AvgIpc) is 2.04. The van der Waals surface area contributed by atoms with E-state index in [1.807, 2.05) is 0 Å². The van der Waals surface area contributed by atoms with Crippen molar-refractivity contribution in [2.24, 2.45) is 0 Å². The van der Waals surface area contributed by atoms with Gasteiger partial charge in [-0.05, 0) is 37.0 Å². The molecule has 0 aliphatic heterocycles. The van der Waals surface area contributed by atoms with Crippen molar-refractivity contribution in [3.8, 4) is 5.75 Å². The van der Waals surface area contributed by atoms with Gasteiger partial charge < -0.3 is 4.74 Å². The Bertz CT molecular complexity index is 271. The lowest BCUT2D eigenvalue weighted by molar-refractivity contribution is 0.408. The topological polar surface area (TPSA) is 9.23 Å². The molecule has 0 unspecified atom stereocenters. The second-order valence-corrected chi connectivity index (χ2v) is 3.58. The molecule has 13 heavy (non-hydrogen) atoms. The van der Waals surface area contributed by atoms with Gasteiger partial charge in [0.05, 0.1) is 7.11 Å². The summed E-state index contributed by atoms with van der Waals surface area (Å²) in [6.07, 6.45) is 0.924. The van der Waals surface area contributed by atoms with Crippen molar-refractivity contribution in [1.29, 1.82) is 0 Å². The van der Waals surface area contributed by atoms with Gasteiger partial charge in [-0.3, -0.25) is 0 Å². The molecule has 0 atom stereocenters. The van der Waals surface area contributed by atoms with Crippen LogP contribution in [0, 0.1) is 13.8 Å². The third-order valence-corrected chi connectivity index (χ3v) is 2.30. The van der Waals surface area contributed by atoms with E-state index in [9.17, 15) is 0 Å². The minimum Gasteiger partial charge on any atom is -0.496 e. The van der Waals surface area contributed by atoms with E-state index >= 15 is 0 Å². The maximum atomic E-state index is 5.68. The monoisotopic (exact) mass is 198 g/mol. The molecule has 0 aliphatic rings. The highest BCUT2D eigenvalue weighted by Crippen LogP contribution is 2.24. The van der Waals surface area contributed by atoms with E-state index < -0.39 is 0 Å². The average molecular weight is 199 g/mol. The number of ether oxygens (including phenoxy) is 1. The summed E-state index contributed by atoms with van der Waals surface area (Å²) < 4.78 is 5.28. The van der Waals surface area contributed by atoms with Crippen LogP contribution >= 0.6 is 11.6 Å². The second kappa shape index (κ2) is 4.52. The molecule has 1 aromatic carbocycles. The molecule has 0 bridgehead atoms. The van der Waals surface area contributed by atoms with E-state index in [4.69, 9.17) is 16.3 Å². The van der Waals surface area contributed by atoms with Gasteiger partial charge in [0.1, 0.15) is 5.75 Å². The first-order chi connectivity index (χ1) is 6.19. The van der Waals surface area contributed by atoms with Crippen LogP contribution in [-0.4, -0.2) is 13.0 Å². The Balaban J connectivity index is 3.05. The number of rotatable bonds is 3. The third-order valence-electron chi connectivity index (χ3n) is 2.11. The fourth-order valence-electron chi connectivity index (χ4n) is 1.62. The fraction of sp³-hybridized carbons (Fsp3) is 0.455. The van der Waals surface area contributed by atoms with E-state index in [2.05, 4.69) is 26.0 Å². The molecule has 0 amide bonds. The highest BCUT2D eigenvalue weighted by molar-refractivity contribution is 6.17. The van der Waals surface area contributed by atoms with Crippen LogP contribution in [0.5, 0.6) is 5.75 Å². The summed E-state index contributed by atoms with van der Waals surface area (Å²) in [6, 6.07) is 4.27. The first kappa shape index (κ1) is 10.4. The zero-order valence-corrected chi connectivity index (χ0v) is 9.11. The summed E-state index contributed by atoms with van der Waals surface area (Å²) >= 11 is 5.68. The molecule has 0 heterocycles. The summed E-state index contributed by atoms with van der Waals surface area (Å²) in [5.41, 5.74) is 3.65. The summed E-state index contributed by atoms with van der Waals surface area (Å²) in [6.45, 7) is 4.12. The van der Waals surface area contributed by atoms with Crippen LogP contribution in [0.3, 0.4) is 0 Å². The zero-order valence-electron chi connectivity index (χ0n) is 8.36. The van der Waals surface area contributed by atoms with Crippen LogP contribution in [0.25, 0.3) is 0 Å². The van der Waals surface area contributed by atoms with Crippen LogP contribution in [0.4, 0.5) is 0 Å². The van der Waals surface area contributed by atoms with Crippen LogP contribution in [0.1, 0.15) is 16.7 Å². The SMILES string of the molecule is COc1c(C)cc(CCCl)cc1C. The molecule has 1 nitrogen and oxygen atoms in total. The Morgan fingerprint density at radius 1 is 1.23 bits per heavy atom. The van der Waals surface area contributed by atoms with E-state index in [0.717, 1.165) is 12.2 Å². The Labute approximate surface area is 84.7 Å². The van der Waals surface area contributed by atoms with Gasteiger partial charge in [-0.2, -0.15) is 0 Å². The van der Waals surface area contributed by atoms with Gasteiger partial charge in [-0.15, -0.1) is 11.6 Å². The van der Waals surface area contributed by atoms with Gasteiger partial charge in [0.2, 0.25) is 0 Å². The number of methoxy groups -OCH3 is 1. The number of alkyl halides is 1. The number of halogens is 1. The van der Waals surface area contributed by atoms with E-state index in [-0.39, 0.29) is 0 Å². The first-order valence-corrected chi connectivity index (χ1v) is 4.92. The highest BCUT2D eigenvalue weighted by Gasteiger charge is 2.04. The van der Waals surface area contributed by atoms with Crippen molar-refractivity contribution < 1.29 is 4.74 Å². The van der Waals surface area contributed by atoms with Gasteiger partial charge in [-0.1, -0.05) is 12.1 Å². The molecule has 72 valence electrons. The smallest absolute Gasteiger partial charge is 0.124 e. The Kier molecular flexibility index (Phi) is 3.61. The molecule has 0 spiro atoms. The van der Waals surface area contributed by atoms with Crippen molar-refractivity contribution in [1.82, 2.24) is 0 Å². The van der Waals surface area contributed by atoms with Crippen LogP contribution in [0.2, 0.25) is 0 Å². The van der Waals surface area contributed by atoms with Gasteiger partial charge in [0.15, 0.2) is 0 Å². The van der Waals surface area contributed by atoms with Gasteiger partial charge in [-0.25, -0.2) is 0 Å². The van der Waals surface area contributed by atoms with E-state index in [1.54, 1.807) is 7.11 Å². The maximum Gasteiger partial charge on any atom is 0.124 e. The third kappa shape index (κ3) is 2.38. The van der Waals surface area contributed by atoms with Crippen molar-refractivity contribution in [2.45, 2.75) is 20.3 Å². The number of hydrogen-bond donors (Lipinski definition) is 0. The quantitative estimate of drug-likeness (QED) is 0.679. The Morgan fingerprint density at radius 2 is 1.77 bits per heavy atom. The van der Waals surface area contributed by atoms with Crippen LogP contribution < -0.4 is 4.74 Å². The standard InChI is InChI=1S/C11H15ClO/c1-8-6-10(4-5-12)7-9(2)11(8)13-3/h6-7H,4-5H2,1-3H3. The number of aryl methyl sites for hydroxylation is 3.